The molecule has 6 heteroatoms. The van der Waals surface area contributed by atoms with Crippen LogP contribution < -0.4 is 5.32 Å². The molecule has 4 aromatic rings. The Morgan fingerprint density at radius 2 is 1.77 bits per heavy atom. The number of aromatic nitrogens is 3. The molecule has 2 aromatic heterocycles. The van der Waals surface area contributed by atoms with E-state index in [4.69, 9.17) is 10.1 Å². The topological polar surface area (TPSA) is 79.5 Å². The van der Waals surface area contributed by atoms with E-state index in [1.54, 1.807) is 24.5 Å². The molecule has 5 rings (SSSR count). The first-order valence-electron chi connectivity index (χ1n) is 10.7. The molecule has 2 heterocycles. The van der Waals surface area contributed by atoms with Crippen molar-refractivity contribution in [2.75, 3.05) is 5.32 Å². The number of rotatable bonds is 5. The number of nitrogens with one attached hydrogen (secondary N) is 1. The molecule has 0 amide bonds. The van der Waals surface area contributed by atoms with E-state index in [2.05, 4.69) is 26.8 Å². The average Bonchev–Trinajstić information content (AvgIpc) is 3.18. The zero-order valence-electron chi connectivity index (χ0n) is 17.2. The van der Waals surface area contributed by atoms with Crippen molar-refractivity contribution >= 4 is 17.4 Å². The van der Waals surface area contributed by atoms with E-state index in [0.29, 0.717) is 6.04 Å². The van der Waals surface area contributed by atoms with Crippen molar-refractivity contribution < 1.29 is 9.90 Å². The lowest BCUT2D eigenvalue weighted by Gasteiger charge is -2.24. The molecule has 0 aliphatic heterocycles. The van der Waals surface area contributed by atoms with Crippen molar-refractivity contribution in [2.24, 2.45) is 0 Å². The van der Waals surface area contributed by atoms with Crippen molar-refractivity contribution in [1.29, 1.82) is 0 Å². The highest BCUT2D eigenvalue weighted by Gasteiger charge is 2.20. The van der Waals surface area contributed by atoms with Crippen LogP contribution in [0.25, 0.3) is 28.0 Å². The Balaban J connectivity index is 1.55. The molecule has 0 unspecified atom stereocenters. The molecule has 31 heavy (non-hydrogen) atoms. The first-order chi connectivity index (χ1) is 15.2. The Labute approximate surface area is 180 Å². The Bertz CT molecular complexity index is 1220. The number of hydrogen-bond acceptors (Lipinski definition) is 4. The van der Waals surface area contributed by atoms with Gasteiger partial charge in [-0.05, 0) is 42.2 Å². The fraction of sp³-hybridized carbons (Fsp3) is 0.240. The second-order valence-electron chi connectivity index (χ2n) is 8.06. The minimum absolute atomic E-state index is 0.284. The summed E-state index contributed by atoms with van der Waals surface area (Å²) in [6.45, 7) is 0. The fourth-order valence-electron chi connectivity index (χ4n) is 4.34. The molecule has 0 atom stereocenters. The SMILES string of the molecule is O=C(O)c1ccc(-c2cccc(-c3nc4cnccn4c3NC3CCCCC3)c2)cc1. The summed E-state index contributed by atoms with van der Waals surface area (Å²) in [5, 5.41) is 12.9. The van der Waals surface area contributed by atoms with Gasteiger partial charge >= 0.3 is 5.97 Å². The van der Waals surface area contributed by atoms with Gasteiger partial charge in [-0.3, -0.25) is 9.38 Å². The maximum absolute atomic E-state index is 11.2. The lowest BCUT2D eigenvalue weighted by atomic mass is 9.95. The van der Waals surface area contributed by atoms with Gasteiger partial charge in [-0.15, -0.1) is 0 Å². The lowest BCUT2D eigenvalue weighted by Crippen LogP contribution is -2.23. The summed E-state index contributed by atoms with van der Waals surface area (Å²) in [5.41, 5.74) is 5.01. The smallest absolute Gasteiger partial charge is 0.335 e. The van der Waals surface area contributed by atoms with Crippen LogP contribution in [0.1, 0.15) is 42.5 Å². The van der Waals surface area contributed by atoms with Gasteiger partial charge in [-0.1, -0.05) is 49.6 Å². The number of carbonyl (C=O) groups is 1. The largest absolute Gasteiger partial charge is 0.478 e. The van der Waals surface area contributed by atoms with Gasteiger partial charge in [-0.25, -0.2) is 9.78 Å². The molecule has 6 nitrogen and oxygen atoms in total. The first-order valence-corrected chi connectivity index (χ1v) is 10.7. The number of fused-ring (bicyclic) bond motifs is 1. The molecule has 0 bridgehead atoms. The number of carboxylic acids is 1. The minimum atomic E-state index is -0.919. The number of anilines is 1. The van der Waals surface area contributed by atoms with Crippen LogP contribution in [-0.4, -0.2) is 31.5 Å². The van der Waals surface area contributed by atoms with Crippen molar-refractivity contribution in [2.45, 2.75) is 38.1 Å². The normalized spacial score (nSPS) is 14.6. The van der Waals surface area contributed by atoms with Crippen LogP contribution in [0.5, 0.6) is 0 Å². The Morgan fingerprint density at radius 1 is 1.00 bits per heavy atom. The summed E-state index contributed by atoms with van der Waals surface area (Å²) in [4.78, 5) is 20.3. The summed E-state index contributed by atoms with van der Waals surface area (Å²) in [6.07, 6.45) is 11.7. The zero-order chi connectivity index (χ0) is 21.2. The summed E-state index contributed by atoms with van der Waals surface area (Å²) in [5.74, 6) is 0.0831. The number of hydrogen-bond donors (Lipinski definition) is 2. The molecule has 156 valence electrons. The van der Waals surface area contributed by atoms with Crippen LogP contribution in [-0.2, 0) is 0 Å². The van der Waals surface area contributed by atoms with Gasteiger partial charge in [0.15, 0.2) is 5.65 Å². The van der Waals surface area contributed by atoms with E-state index in [0.717, 1.165) is 33.8 Å². The minimum Gasteiger partial charge on any atom is -0.478 e. The van der Waals surface area contributed by atoms with Crippen LogP contribution in [0, 0.1) is 0 Å². The molecule has 0 saturated heterocycles. The third kappa shape index (κ3) is 3.89. The fourth-order valence-corrected chi connectivity index (χ4v) is 4.34. The van der Waals surface area contributed by atoms with Crippen molar-refractivity contribution in [3.05, 3.63) is 72.7 Å². The number of benzene rings is 2. The Morgan fingerprint density at radius 3 is 2.55 bits per heavy atom. The third-order valence-electron chi connectivity index (χ3n) is 5.98. The van der Waals surface area contributed by atoms with Crippen molar-refractivity contribution in [3.63, 3.8) is 0 Å². The molecular weight excluding hydrogens is 388 g/mol. The van der Waals surface area contributed by atoms with Crippen LogP contribution in [0.15, 0.2) is 67.1 Å². The van der Waals surface area contributed by atoms with E-state index < -0.39 is 5.97 Å². The van der Waals surface area contributed by atoms with Crippen molar-refractivity contribution in [1.82, 2.24) is 14.4 Å². The van der Waals surface area contributed by atoms with Crippen LogP contribution >= 0.6 is 0 Å². The van der Waals surface area contributed by atoms with Crippen molar-refractivity contribution in [3.8, 4) is 22.4 Å². The van der Waals surface area contributed by atoms with Crippen LogP contribution in [0.2, 0.25) is 0 Å². The number of carboxylic acid groups (broad SMARTS) is 1. The molecule has 1 fully saturated rings. The van der Waals surface area contributed by atoms with Gasteiger partial charge in [0.25, 0.3) is 0 Å². The van der Waals surface area contributed by atoms with Gasteiger partial charge in [0.2, 0.25) is 0 Å². The summed E-state index contributed by atoms with van der Waals surface area (Å²) < 4.78 is 2.07. The van der Waals surface area contributed by atoms with E-state index in [9.17, 15) is 4.79 Å². The molecular formula is C25H24N4O2. The monoisotopic (exact) mass is 412 g/mol. The summed E-state index contributed by atoms with van der Waals surface area (Å²) in [7, 11) is 0. The predicted molar refractivity (Wildman–Crippen MR) is 121 cm³/mol. The maximum Gasteiger partial charge on any atom is 0.335 e. The van der Waals surface area contributed by atoms with Gasteiger partial charge in [0.05, 0.1) is 11.8 Å². The Hall–Kier alpha value is -3.67. The standard InChI is InChI=1S/C25H24N4O2/c30-25(31)18-11-9-17(10-12-18)19-5-4-6-20(15-19)23-24(27-21-7-2-1-3-8-21)29-14-13-26-16-22(29)28-23/h4-6,9-16,21,27H,1-3,7-8H2,(H,30,31). The molecule has 1 saturated carbocycles. The van der Waals surface area contributed by atoms with Gasteiger partial charge < -0.3 is 10.4 Å². The highest BCUT2D eigenvalue weighted by molar-refractivity contribution is 5.88. The second kappa shape index (κ2) is 8.22. The molecule has 0 spiro atoms. The second-order valence-corrected chi connectivity index (χ2v) is 8.06. The average molecular weight is 412 g/mol. The maximum atomic E-state index is 11.2. The van der Waals surface area contributed by atoms with Crippen LogP contribution in [0.4, 0.5) is 5.82 Å². The number of aromatic carboxylic acids is 1. The number of imidazole rings is 1. The van der Waals surface area contributed by atoms with Gasteiger partial charge in [0, 0.05) is 24.0 Å². The van der Waals surface area contributed by atoms with E-state index in [1.807, 2.05) is 30.5 Å². The number of nitrogens with zero attached hydrogens (tertiary/aromatic N) is 3. The zero-order valence-corrected chi connectivity index (χ0v) is 17.2. The highest BCUT2D eigenvalue weighted by atomic mass is 16.4. The van der Waals surface area contributed by atoms with E-state index in [1.165, 1.54) is 32.1 Å². The highest BCUT2D eigenvalue weighted by Crippen LogP contribution is 2.33. The summed E-state index contributed by atoms with van der Waals surface area (Å²) >= 11 is 0. The molecule has 2 N–H and O–H groups in total. The molecule has 1 aliphatic rings. The first kappa shape index (κ1) is 19.3. The van der Waals surface area contributed by atoms with Gasteiger partial charge in [-0.2, -0.15) is 0 Å². The van der Waals surface area contributed by atoms with Crippen LogP contribution in [0.3, 0.4) is 0 Å². The third-order valence-corrected chi connectivity index (χ3v) is 5.98. The van der Waals surface area contributed by atoms with Gasteiger partial charge in [0.1, 0.15) is 11.5 Å². The summed E-state index contributed by atoms with van der Waals surface area (Å²) in [6, 6.07) is 15.6. The molecule has 2 aromatic carbocycles. The van der Waals surface area contributed by atoms with E-state index >= 15 is 0 Å². The van der Waals surface area contributed by atoms with E-state index in [-0.39, 0.29) is 5.56 Å². The molecule has 1 aliphatic carbocycles. The quantitative estimate of drug-likeness (QED) is 0.452. The predicted octanol–water partition coefficient (Wildman–Crippen LogP) is 5.51. The molecule has 0 radical (unpaired) electrons. The lowest BCUT2D eigenvalue weighted by molar-refractivity contribution is 0.0697. The Kier molecular flexibility index (Phi) is 5.12.